The molecule has 0 fully saturated rings. The van der Waals surface area contributed by atoms with E-state index in [4.69, 9.17) is 40.7 Å². The van der Waals surface area contributed by atoms with Gasteiger partial charge in [-0.1, -0.05) is 92.4 Å². The van der Waals surface area contributed by atoms with E-state index in [1.54, 1.807) is 97.1 Å². The van der Waals surface area contributed by atoms with Gasteiger partial charge in [-0.15, -0.1) is 0 Å². The molecule has 2 N–H and O–H groups in total. The summed E-state index contributed by atoms with van der Waals surface area (Å²) in [5, 5.41) is 19.7. The number of aliphatic hydroxyl groups excluding tert-OH is 1. The molecule has 0 aliphatic rings. The first kappa shape index (κ1) is 56.5. The molecule has 0 saturated carbocycles. The highest BCUT2D eigenvalue weighted by Crippen LogP contribution is 2.39. The second kappa shape index (κ2) is 23.9. The zero-order valence-electron chi connectivity index (χ0n) is 46.1. The fourth-order valence-electron chi connectivity index (χ4n) is 9.83. The van der Waals surface area contributed by atoms with E-state index in [1.807, 2.05) is 91.0 Å². The molecule has 0 spiro atoms. The maximum absolute atomic E-state index is 12.1. The first-order valence-corrected chi connectivity index (χ1v) is 26.8. The number of benzene rings is 9. The van der Waals surface area contributed by atoms with Gasteiger partial charge in [0, 0.05) is 11.1 Å². The molecule has 0 aliphatic carbocycles. The molecule has 88 heavy (non-hydrogen) atoms. The molecule has 15 aromatic rings. The van der Waals surface area contributed by atoms with Crippen molar-refractivity contribution >= 4 is 84.5 Å². The molecule has 15 rings (SSSR count). The van der Waals surface area contributed by atoms with Gasteiger partial charge in [0.25, 0.3) is 0 Å². The zero-order chi connectivity index (χ0) is 59.7. The van der Waals surface area contributed by atoms with E-state index >= 15 is 0 Å². The lowest BCUT2D eigenvalue weighted by Crippen LogP contribution is -2.01. The Hall–Kier alpha value is -12.0. The molecule has 6 heterocycles. The Balaban J connectivity index is 0.000000128. The van der Waals surface area contributed by atoms with Crippen LogP contribution in [-0.4, -0.2) is 79.4 Å². The molecule has 0 saturated heterocycles. The lowest BCUT2D eigenvalue weighted by atomic mass is 10.1. The second-order valence-corrected chi connectivity index (χ2v) is 19.2. The van der Waals surface area contributed by atoms with Gasteiger partial charge in [-0.05, 0) is 109 Å². The summed E-state index contributed by atoms with van der Waals surface area (Å²) >= 11 is 0. The molecule has 0 amide bonds. The maximum Gasteiger partial charge on any atom is 0.340 e. The summed E-state index contributed by atoms with van der Waals surface area (Å²) in [7, 11) is 3.98. The van der Waals surface area contributed by atoms with Crippen molar-refractivity contribution in [1.29, 1.82) is 0 Å². The third-order valence-electron chi connectivity index (χ3n) is 14.0. The minimum absolute atomic E-state index is 0. The third kappa shape index (κ3) is 10.5. The number of hydrogen-bond donors (Lipinski definition) is 2. The fourth-order valence-corrected chi connectivity index (χ4v) is 9.83. The van der Waals surface area contributed by atoms with Crippen LogP contribution in [0.3, 0.4) is 0 Å². The topological polar surface area (TPSA) is 276 Å². The molecule has 434 valence electrons. The smallest absolute Gasteiger partial charge is 0.340 e. The van der Waals surface area contributed by atoms with E-state index in [0.717, 1.165) is 11.1 Å². The van der Waals surface area contributed by atoms with Crippen LogP contribution < -0.4 is 0 Å². The molecule has 0 radical (unpaired) electrons. The van der Waals surface area contributed by atoms with Crippen molar-refractivity contribution in [3.05, 3.63) is 210 Å². The Labute approximate surface area is 497 Å². The standard InChI is InChI=1S/C23H16N2O5.C22H14N2O5.C22H14N2O4.CH4/c1-28-23(27)16-9-5-11-18-20(16)25-22(30-18)15-8-4-10-17-19(15)24-21(29-17)14-7-3-2-6-13(14)12-26;1-27-22(26)14-8-5-11-17-19(14)24-21(29-17)13-7-4-10-16-18(13)23-20(28-16)12-6-2-3-9-15(12)25;1-26-22(25)15-10-6-12-17-19(15)24-21(28-17)14-9-5-11-16-18(14)23-20(27-16)13-7-3-2-4-8-13;/h2-11,26H,12H2,1H3;2-11,25H,1H3;2-12H,1H3;1H4. The van der Waals surface area contributed by atoms with Crippen molar-refractivity contribution in [2.24, 2.45) is 0 Å². The second-order valence-electron chi connectivity index (χ2n) is 19.2. The summed E-state index contributed by atoms with van der Waals surface area (Å²) in [6, 6.07) is 55.6. The number of methoxy groups -OCH3 is 3. The summed E-state index contributed by atoms with van der Waals surface area (Å²) < 4.78 is 49.9. The van der Waals surface area contributed by atoms with Crippen molar-refractivity contribution in [3.63, 3.8) is 0 Å². The number of aliphatic hydroxyl groups is 1. The Morgan fingerprint density at radius 2 is 0.636 bits per heavy atom. The van der Waals surface area contributed by atoms with Crippen molar-refractivity contribution in [3.8, 4) is 74.5 Å². The third-order valence-corrected chi connectivity index (χ3v) is 14.0. The summed E-state index contributed by atoms with van der Waals surface area (Å²) in [5.74, 6) is 0.840. The van der Waals surface area contributed by atoms with Gasteiger partial charge in [0.2, 0.25) is 35.3 Å². The van der Waals surface area contributed by atoms with E-state index < -0.39 is 17.9 Å². The number of aromatic hydroxyl groups is 1. The van der Waals surface area contributed by atoms with Crippen LogP contribution in [0.25, 0.3) is 135 Å². The van der Waals surface area contributed by atoms with Crippen LogP contribution in [0.4, 0.5) is 0 Å². The molecule has 0 bridgehead atoms. The van der Waals surface area contributed by atoms with Crippen LogP contribution in [-0.2, 0) is 20.8 Å². The highest BCUT2D eigenvalue weighted by Gasteiger charge is 2.25. The number of phenolic OH excluding ortho intramolecular Hbond substituents is 1. The predicted molar refractivity (Wildman–Crippen MR) is 326 cm³/mol. The Morgan fingerprint density at radius 3 is 1.03 bits per heavy atom. The Kier molecular flexibility index (Phi) is 15.3. The number of aromatic nitrogens is 6. The van der Waals surface area contributed by atoms with Crippen molar-refractivity contribution in [2.45, 2.75) is 14.0 Å². The van der Waals surface area contributed by atoms with E-state index in [2.05, 4.69) is 29.9 Å². The molecule has 20 nitrogen and oxygen atoms in total. The summed E-state index contributed by atoms with van der Waals surface area (Å²) in [5.41, 5.74) is 11.9. The zero-order valence-corrected chi connectivity index (χ0v) is 46.1. The van der Waals surface area contributed by atoms with E-state index in [1.165, 1.54) is 21.3 Å². The largest absolute Gasteiger partial charge is 0.507 e. The Bertz CT molecular complexity index is 5110. The number of hydrogen-bond acceptors (Lipinski definition) is 20. The van der Waals surface area contributed by atoms with Crippen molar-refractivity contribution in [1.82, 2.24) is 29.9 Å². The van der Waals surface area contributed by atoms with E-state index in [0.29, 0.717) is 141 Å². The monoisotopic (exact) mass is 1170 g/mol. The first-order chi connectivity index (χ1) is 42.6. The number of para-hydroxylation sites is 7. The van der Waals surface area contributed by atoms with Gasteiger partial charge >= 0.3 is 17.9 Å². The average molecular weight is 1170 g/mol. The summed E-state index contributed by atoms with van der Waals surface area (Å²) in [6.45, 7) is -0.122. The SMILES string of the molecule is C.COC(=O)c1cccc2oc(-c3cccc4oc(-c5ccccc5)nc34)nc12.COC(=O)c1cccc2oc(-c3cccc4oc(-c5ccccc5CO)nc34)nc12.COC(=O)c1cccc2oc(-c3cccc4oc(-c5ccccc5O)nc34)nc12. The summed E-state index contributed by atoms with van der Waals surface area (Å²) in [6.07, 6.45) is 0. The molecule has 0 aliphatic heterocycles. The maximum atomic E-state index is 12.1. The predicted octanol–water partition coefficient (Wildman–Crippen LogP) is 15.1. The van der Waals surface area contributed by atoms with Gasteiger partial charge in [-0.3, -0.25) is 0 Å². The molecule has 20 heteroatoms. The molecule has 0 unspecified atom stereocenters. The molecule has 6 aromatic heterocycles. The number of rotatable bonds is 10. The highest BCUT2D eigenvalue weighted by atomic mass is 16.5. The summed E-state index contributed by atoms with van der Waals surface area (Å²) in [4.78, 5) is 63.5. The fraction of sp³-hybridized carbons (Fsp3) is 0.0735. The lowest BCUT2D eigenvalue weighted by molar-refractivity contribution is 0.0594. The van der Waals surface area contributed by atoms with Crippen molar-refractivity contribution < 1.29 is 65.3 Å². The van der Waals surface area contributed by atoms with Crippen LogP contribution in [0, 0.1) is 0 Å². The lowest BCUT2D eigenvalue weighted by Gasteiger charge is -2.01. The number of fused-ring (bicyclic) bond motifs is 6. The molecular weight excluding hydrogens is 1120 g/mol. The van der Waals surface area contributed by atoms with E-state index in [-0.39, 0.29) is 25.7 Å². The number of phenols is 1. The molecular formula is C68H48N6O14. The number of oxazole rings is 6. The normalized spacial score (nSPS) is 11.1. The molecule has 9 aromatic carbocycles. The Morgan fingerprint density at radius 1 is 0.341 bits per heavy atom. The van der Waals surface area contributed by atoms with Crippen LogP contribution in [0.1, 0.15) is 44.1 Å². The minimum atomic E-state index is -0.489. The number of carbonyl (C=O) groups is 3. The highest BCUT2D eigenvalue weighted by molar-refractivity contribution is 6.05. The van der Waals surface area contributed by atoms with Crippen molar-refractivity contribution in [2.75, 3.05) is 21.3 Å². The van der Waals surface area contributed by atoms with Gasteiger partial charge < -0.3 is 50.9 Å². The van der Waals surface area contributed by atoms with E-state index in [9.17, 15) is 24.6 Å². The molecule has 0 atom stereocenters. The first-order valence-electron chi connectivity index (χ1n) is 26.8. The van der Waals surface area contributed by atoms with Gasteiger partial charge in [0.1, 0.15) is 38.8 Å². The van der Waals surface area contributed by atoms with Crippen LogP contribution in [0.2, 0.25) is 0 Å². The quantitative estimate of drug-likeness (QED) is 0.0951. The van der Waals surface area contributed by atoms with Gasteiger partial charge in [-0.25, -0.2) is 44.3 Å². The van der Waals surface area contributed by atoms with Gasteiger partial charge in [-0.2, -0.15) is 0 Å². The van der Waals surface area contributed by atoms with Crippen LogP contribution in [0.15, 0.2) is 215 Å². The number of carbonyl (C=O) groups excluding carboxylic acids is 3. The number of ether oxygens (including phenoxy) is 3. The number of esters is 3. The van der Waals surface area contributed by atoms with Crippen LogP contribution in [0.5, 0.6) is 5.75 Å². The average Bonchev–Trinajstić information content (AvgIpc) is 2.21. The van der Waals surface area contributed by atoms with Gasteiger partial charge in [0.15, 0.2) is 33.5 Å². The van der Waals surface area contributed by atoms with Crippen LogP contribution >= 0.6 is 0 Å². The minimum Gasteiger partial charge on any atom is -0.507 e. The van der Waals surface area contributed by atoms with Gasteiger partial charge in [0.05, 0.1) is 66.9 Å². The number of nitrogens with zero attached hydrogens (tertiary/aromatic N) is 6.